The second-order valence-corrected chi connectivity index (χ2v) is 8.99. The topological polar surface area (TPSA) is 48.6 Å². The summed E-state index contributed by atoms with van der Waals surface area (Å²) in [5, 5.41) is 9.32. The van der Waals surface area contributed by atoms with Crippen LogP contribution in [0.5, 0.6) is 5.75 Å². The molecule has 2 aliphatic carbocycles. The van der Waals surface area contributed by atoms with Gasteiger partial charge in [0.05, 0.1) is 30.3 Å². The first-order valence-corrected chi connectivity index (χ1v) is 11.8. The molecule has 2 aromatic carbocycles. The van der Waals surface area contributed by atoms with Crippen LogP contribution >= 0.6 is 0 Å². The van der Waals surface area contributed by atoms with Gasteiger partial charge in [-0.2, -0.15) is 5.26 Å². The van der Waals surface area contributed by atoms with Crippen LogP contribution in [0.4, 0.5) is 11.4 Å². The molecular formula is C30H25N3O. The molecule has 4 atom stereocenters. The van der Waals surface area contributed by atoms with E-state index in [0.717, 1.165) is 29.1 Å². The van der Waals surface area contributed by atoms with Gasteiger partial charge in [-0.3, -0.25) is 4.99 Å². The van der Waals surface area contributed by atoms with E-state index in [1.165, 1.54) is 11.1 Å². The Balaban J connectivity index is 1.37. The predicted octanol–water partition coefficient (Wildman–Crippen LogP) is 6.19. The predicted molar refractivity (Wildman–Crippen MR) is 137 cm³/mol. The summed E-state index contributed by atoms with van der Waals surface area (Å²) in [5.74, 6) is 1.02. The van der Waals surface area contributed by atoms with Crippen molar-refractivity contribution in [3.63, 3.8) is 0 Å². The number of benzene rings is 2. The zero-order valence-corrected chi connectivity index (χ0v) is 18.8. The number of anilines is 2. The van der Waals surface area contributed by atoms with Gasteiger partial charge in [-0.05, 0) is 53.5 Å². The maximum absolute atomic E-state index is 9.32. The molecule has 0 aromatic heterocycles. The number of nitriles is 1. The molecule has 166 valence electrons. The van der Waals surface area contributed by atoms with Crippen molar-refractivity contribution in [2.75, 3.05) is 11.4 Å². The van der Waals surface area contributed by atoms with Gasteiger partial charge >= 0.3 is 0 Å². The molecule has 0 spiro atoms. The quantitative estimate of drug-likeness (QED) is 0.568. The average molecular weight is 444 g/mol. The van der Waals surface area contributed by atoms with Gasteiger partial charge < -0.3 is 9.64 Å². The van der Waals surface area contributed by atoms with Gasteiger partial charge in [0.15, 0.2) is 0 Å². The Labute approximate surface area is 200 Å². The van der Waals surface area contributed by atoms with E-state index in [1.807, 2.05) is 18.3 Å². The summed E-state index contributed by atoms with van der Waals surface area (Å²) in [6.07, 6.45) is 20.2. The van der Waals surface area contributed by atoms with Crippen molar-refractivity contribution in [3.8, 4) is 11.8 Å². The van der Waals surface area contributed by atoms with Gasteiger partial charge in [0.25, 0.3) is 0 Å². The molecule has 0 amide bonds. The molecule has 0 radical (unpaired) electrons. The Bertz CT molecular complexity index is 1340. The Morgan fingerprint density at radius 1 is 1.03 bits per heavy atom. The minimum Gasteiger partial charge on any atom is -0.482 e. The molecule has 4 unspecified atom stereocenters. The number of hydrogen-bond donors (Lipinski definition) is 0. The van der Waals surface area contributed by atoms with Gasteiger partial charge in [0.2, 0.25) is 0 Å². The van der Waals surface area contributed by atoms with E-state index < -0.39 is 0 Å². The van der Waals surface area contributed by atoms with E-state index in [2.05, 4.69) is 101 Å². The SMILES string of the molecule is N#CC1C=C(C2C=C(c3cccc(N4c5ccccc5OC5C=CC=CC54)c3)C=CC2)C=NC1. The molecule has 2 heterocycles. The molecule has 6 rings (SSSR count). The molecule has 4 heteroatoms. The average Bonchev–Trinajstić information content (AvgIpc) is 2.92. The number of ether oxygens (including phenoxy) is 1. The van der Waals surface area contributed by atoms with E-state index >= 15 is 0 Å². The summed E-state index contributed by atoms with van der Waals surface area (Å²) in [7, 11) is 0. The molecule has 2 aliphatic heterocycles. The number of aliphatic imine (C=N–C) groups is 1. The molecular weight excluding hydrogens is 418 g/mol. The minimum atomic E-state index is -0.127. The standard InChI is InChI=1S/C30H25N3O/c31-18-21-15-25(20-32-19-21)23-8-5-7-22(16-23)24-9-6-10-26(17-24)33-27-11-1-3-13-29(27)34-30-14-4-2-12-28(30)33/h1-7,9-17,20-21,23,27,29H,8,19H2. The van der Waals surface area contributed by atoms with Crippen molar-refractivity contribution in [1.82, 2.24) is 0 Å². The first-order chi connectivity index (χ1) is 16.8. The van der Waals surface area contributed by atoms with Crippen LogP contribution in [-0.2, 0) is 0 Å². The zero-order chi connectivity index (χ0) is 22.9. The Morgan fingerprint density at radius 3 is 2.88 bits per heavy atom. The highest BCUT2D eigenvalue weighted by atomic mass is 16.5. The smallest absolute Gasteiger partial charge is 0.144 e. The van der Waals surface area contributed by atoms with Gasteiger partial charge in [-0.15, -0.1) is 0 Å². The molecule has 0 bridgehead atoms. The number of nitrogens with zero attached hydrogens (tertiary/aromatic N) is 3. The number of allylic oxidation sites excluding steroid dienone is 7. The lowest BCUT2D eigenvalue weighted by atomic mass is 9.85. The lowest BCUT2D eigenvalue weighted by Gasteiger charge is -2.42. The maximum atomic E-state index is 9.32. The van der Waals surface area contributed by atoms with Crippen LogP contribution in [0.1, 0.15) is 12.0 Å². The van der Waals surface area contributed by atoms with E-state index in [9.17, 15) is 5.26 Å². The summed E-state index contributed by atoms with van der Waals surface area (Å²) >= 11 is 0. The molecule has 0 saturated heterocycles. The first-order valence-electron chi connectivity index (χ1n) is 11.8. The Kier molecular flexibility index (Phi) is 5.24. The Hall–Kier alpha value is -4.10. The zero-order valence-electron chi connectivity index (χ0n) is 18.8. The Morgan fingerprint density at radius 2 is 1.94 bits per heavy atom. The van der Waals surface area contributed by atoms with Crippen LogP contribution in [0.15, 0.2) is 108 Å². The third-order valence-corrected chi connectivity index (χ3v) is 6.80. The second kappa shape index (κ2) is 8.68. The van der Waals surface area contributed by atoms with Crippen molar-refractivity contribution < 1.29 is 4.74 Å². The lowest BCUT2D eigenvalue weighted by Crippen LogP contribution is -2.46. The fourth-order valence-corrected chi connectivity index (χ4v) is 5.13. The molecule has 4 nitrogen and oxygen atoms in total. The summed E-state index contributed by atoms with van der Waals surface area (Å²) in [6.45, 7) is 0.563. The molecule has 0 saturated carbocycles. The highest BCUT2D eigenvalue weighted by molar-refractivity contribution is 5.85. The van der Waals surface area contributed by atoms with Gasteiger partial charge in [-0.1, -0.05) is 66.8 Å². The van der Waals surface area contributed by atoms with Crippen molar-refractivity contribution in [3.05, 3.63) is 108 Å². The van der Waals surface area contributed by atoms with Gasteiger partial charge in [0.1, 0.15) is 11.9 Å². The highest BCUT2D eigenvalue weighted by Gasteiger charge is 2.34. The third kappa shape index (κ3) is 3.70. The number of fused-ring (bicyclic) bond motifs is 2. The monoisotopic (exact) mass is 443 g/mol. The second-order valence-electron chi connectivity index (χ2n) is 8.99. The van der Waals surface area contributed by atoms with Crippen LogP contribution in [0.2, 0.25) is 0 Å². The molecule has 0 N–H and O–H groups in total. The molecule has 0 fully saturated rings. The normalized spacial score (nSPS) is 26.6. The van der Waals surface area contributed by atoms with Crippen molar-refractivity contribution >= 4 is 23.2 Å². The number of hydrogen-bond acceptors (Lipinski definition) is 4. The van der Waals surface area contributed by atoms with E-state index in [4.69, 9.17) is 4.74 Å². The largest absolute Gasteiger partial charge is 0.482 e. The van der Waals surface area contributed by atoms with E-state index in [0.29, 0.717) is 6.54 Å². The number of para-hydroxylation sites is 2. The van der Waals surface area contributed by atoms with Crippen LogP contribution < -0.4 is 9.64 Å². The number of rotatable bonds is 3. The molecule has 2 aromatic rings. The summed E-state index contributed by atoms with van der Waals surface area (Å²) < 4.78 is 6.29. The van der Waals surface area contributed by atoms with Crippen molar-refractivity contribution in [2.24, 2.45) is 16.8 Å². The molecule has 4 aliphatic rings. The highest BCUT2D eigenvalue weighted by Crippen LogP contribution is 2.43. The van der Waals surface area contributed by atoms with Crippen LogP contribution in [0, 0.1) is 23.2 Å². The van der Waals surface area contributed by atoms with Gasteiger partial charge in [-0.25, -0.2) is 0 Å². The summed E-state index contributed by atoms with van der Waals surface area (Å²) in [5.41, 5.74) is 5.74. The van der Waals surface area contributed by atoms with Crippen molar-refractivity contribution in [2.45, 2.75) is 18.6 Å². The number of dihydropyridines is 1. The van der Waals surface area contributed by atoms with Crippen LogP contribution in [0.25, 0.3) is 5.57 Å². The van der Waals surface area contributed by atoms with E-state index in [1.54, 1.807) is 0 Å². The minimum absolute atomic E-state index is 0.0210. The maximum Gasteiger partial charge on any atom is 0.144 e. The lowest BCUT2D eigenvalue weighted by molar-refractivity contribution is 0.218. The van der Waals surface area contributed by atoms with Crippen LogP contribution in [0.3, 0.4) is 0 Å². The fraction of sp³-hybridized carbons (Fsp3) is 0.200. The summed E-state index contributed by atoms with van der Waals surface area (Å²) in [4.78, 5) is 6.80. The summed E-state index contributed by atoms with van der Waals surface area (Å²) in [6, 6.07) is 19.4. The third-order valence-electron chi connectivity index (χ3n) is 6.80. The first kappa shape index (κ1) is 20.5. The van der Waals surface area contributed by atoms with Crippen LogP contribution in [-0.4, -0.2) is 24.9 Å². The van der Waals surface area contributed by atoms with E-state index in [-0.39, 0.29) is 24.0 Å². The molecule has 34 heavy (non-hydrogen) atoms. The van der Waals surface area contributed by atoms with Gasteiger partial charge in [0, 0.05) is 17.8 Å². The van der Waals surface area contributed by atoms with Crippen molar-refractivity contribution in [1.29, 1.82) is 5.26 Å². The fourth-order valence-electron chi connectivity index (χ4n) is 5.13.